The monoisotopic (exact) mass is 390 g/mol. The van der Waals surface area contributed by atoms with Crippen molar-refractivity contribution in [1.82, 2.24) is 20.5 Å². The van der Waals surface area contributed by atoms with Crippen molar-refractivity contribution in [1.29, 1.82) is 0 Å². The summed E-state index contributed by atoms with van der Waals surface area (Å²) in [5.74, 6) is 1.04. The SMILES string of the molecule is COc1cc(C(=O)NCCCN2CCNCC2)ccc1OCc1cscn1. The van der Waals surface area contributed by atoms with Crippen LogP contribution in [0.15, 0.2) is 29.1 Å². The Bertz CT molecular complexity index is 718. The van der Waals surface area contributed by atoms with Crippen LogP contribution in [0.25, 0.3) is 0 Å². The van der Waals surface area contributed by atoms with Crippen LogP contribution in [0.1, 0.15) is 22.5 Å². The van der Waals surface area contributed by atoms with Crippen LogP contribution < -0.4 is 20.1 Å². The molecule has 0 unspecified atom stereocenters. The van der Waals surface area contributed by atoms with E-state index in [1.54, 1.807) is 30.8 Å². The maximum absolute atomic E-state index is 12.4. The Morgan fingerprint density at radius 3 is 2.93 bits per heavy atom. The first-order chi connectivity index (χ1) is 13.3. The number of hydrogen-bond donors (Lipinski definition) is 2. The summed E-state index contributed by atoms with van der Waals surface area (Å²) >= 11 is 1.53. The highest BCUT2D eigenvalue weighted by Crippen LogP contribution is 2.28. The van der Waals surface area contributed by atoms with Crippen LogP contribution >= 0.6 is 11.3 Å². The van der Waals surface area contributed by atoms with E-state index >= 15 is 0 Å². The number of nitrogens with one attached hydrogen (secondary N) is 2. The average Bonchev–Trinajstić information content (AvgIpc) is 3.24. The predicted molar refractivity (Wildman–Crippen MR) is 106 cm³/mol. The summed E-state index contributed by atoms with van der Waals surface area (Å²) in [4.78, 5) is 19.0. The molecule has 0 saturated carbocycles. The molecule has 146 valence electrons. The van der Waals surface area contributed by atoms with Gasteiger partial charge in [0, 0.05) is 43.7 Å². The quantitative estimate of drug-likeness (QED) is 0.636. The Labute approximate surface area is 163 Å². The van der Waals surface area contributed by atoms with Crippen molar-refractivity contribution in [3.8, 4) is 11.5 Å². The highest BCUT2D eigenvalue weighted by Gasteiger charge is 2.12. The second kappa shape index (κ2) is 10.2. The molecule has 0 spiro atoms. The molecule has 27 heavy (non-hydrogen) atoms. The first-order valence-corrected chi connectivity index (χ1v) is 10.1. The number of ether oxygens (including phenoxy) is 2. The minimum absolute atomic E-state index is 0.0975. The van der Waals surface area contributed by atoms with Gasteiger partial charge in [-0.05, 0) is 31.2 Å². The number of carbonyl (C=O) groups excluding carboxylic acids is 1. The number of thiazole rings is 1. The molecular weight excluding hydrogens is 364 g/mol. The Kier molecular flexibility index (Phi) is 7.44. The number of benzene rings is 1. The number of piperazine rings is 1. The summed E-state index contributed by atoms with van der Waals surface area (Å²) in [5, 5.41) is 8.26. The van der Waals surface area contributed by atoms with Crippen LogP contribution in [0.3, 0.4) is 0 Å². The molecule has 1 aliphatic rings. The molecule has 7 nitrogen and oxygen atoms in total. The molecule has 2 heterocycles. The summed E-state index contributed by atoms with van der Waals surface area (Å²) in [7, 11) is 1.57. The van der Waals surface area contributed by atoms with Crippen molar-refractivity contribution in [3.63, 3.8) is 0 Å². The molecule has 0 radical (unpaired) electrons. The standard InChI is InChI=1S/C19H26N4O3S/c1-25-18-11-15(3-4-17(18)26-12-16-13-27-14-22-16)19(24)21-5-2-8-23-9-6-20-7-10-23/h3-4,11,13-14,20H,2,5-10,12H2,1H3,(H,21,24). The van der Waals surface area contributed by atoms with Gasteiger partial charge in [0.15, 0.2) is 11.5 Å². The summed E-state index contributed by atoms with van der Waals surface area (Å²) in [5.41, 5.74) is 3.20. The minimum Gasteiger partial charge on any atom is -0.493 e. The summed E-state index contributed by atoms with van der Waals surface area (Å²) in [6.07, 6.45) is 0.942. The second-order valence-corrected chi connectivity index (χ2v) is 7.05. The lowest BCUT2D eigenvalue weighted by Gasteiger charge is -2.27. The number of rotatable bonds is 9. The molecule has 1 fully saturated rings. The van der Waals surface area contributed by atoms with Crippen LogP contribution in [0.2, 0.25) is 0 Å². The fraction of sp³-hybridized carbons (Fsp3) is 0.474. The molecule has 0 bridgehead atoms. The molecule has 1 amide bonds. The molecular formula is C19H26N4O3S. The zero-order chi connectivity index (χ0) is 18.9. The normalized spacial score (nSPS) is 14.7. The van der Waals surface area contributed by atoms with E-state index in [-0.39, 0.29) is 5.91 Å². The average molecular weight is 391 g/mol. The van der Waals surface area contributed by atoms with E-state index in [1.807, 2.05) is 5.38 Å². The summed E-state index contributed by atoms with van der Waals surface area (Å²) in [6, 6.07) is 5.23. The van der Waals surface area contributed by atoms with Gasteiger partial charge in [-0.1, -0.05) is 0 Å². The van der Waals surface area contributed by atoms with Gasteiger partial charge in [0.25, 0.3) is 5.91 Å². The predicted octanol–water partition coefficient (Wildman–Crippen LogP) is 1.76. The van der Waals surface area contributed by atoms with E-state index in [0.29, 0.717) is 30.2 Å². The van der Waals surface area contributed by atoms with E-state index in [1.165, 1.54) is 11.3 Å². The van der Waals surface area contributed by atoms with Crippen molar-refractivity contribution < 1.29 is 14.3 Å². The third-order valence-electron chi connectivity index (χ3n) is 4.43. The molecule has 2 N–H and O–H groups in total. The van der Waals surface area contributed by atoms with Crippen molar-refractivity contribution >= 4 is 17.2 Å². The molecule has 3 rings (SSSR count). The first kappa shape index (κ1) is 19.6. The zero-order valence-electron chi connectivity index (χ0n) is 15.6. The van der Waals surface area contributed by atoms with Crippen LogP contribution in [-0.2, 0) is 6.61 Å². The molecule has 8 heteroatoms. The van der Waals surface area contributed by atoms with E-state index in [9.17, 15) is 4.79 Å². The van der Waals surface area contributed by atoms with E-state index in [2.05, 4.69) is 20.5 Å². The molecule has 2 aromatic rings. The third-order valence-corrected chi connectivity index (χ3v) is 5.07. The fourth-order valence-electron chi connectivity index (χ4n) is 2.93. The molecule has 1 aliphatic heterocycles. The van der Waals surface area contributed by atoms with Crippen molar-refractivity contribution in [2.24, 2.45) is 0 Å². The van der Waals surface area contributed by atoms with Crippen molar-refractivity contribution in [2.45, 2.75) is 13.0 Å². The highest BCUT2D eigenvalue weighted by atomic mass is 32.1. The van der Waals surface area contributed by atoms with Gasteiger partial charge in [-0.25, -0.2) is 4.98 Å². The van der Waals surface area contributed by atoms with Crippen LogP contribution in [0.4, 0.5) is 0 Å². The van der Waals surface area contributed by atoms with Crippen molar-refractivity contribution in [3.05, 3.63) is 40.3 Å². The zero-order valence-corrected chi connectivity index (χ0v) is 16.4. The Balaban J connectivity index is 1.47. The van der Waals surface area contributed by atoms with Crippen LogP contribution in [-0.4, -0.2) is 62.2 Å². The number of hydrogen-bond acceptors (Lipinski definition) is 7. The van der Waals surface area contributed by atoms with Crippen LogP contribution in [0.5, 0.6) is 11.5 Å². The van der Waals surface area contributed by atoms with Crippen LogP contribution in [0, 0.1) is 0 Å². The molecule has 1 saturated heterocycles. The van der Waals surface area contributed by atoms with E-state index < -0.39 is 0 Å². The van der Waals surface area contributed by atoms with E-state index in [0.717, 1.165) is 44.8 Å². The fourth-order valence-corrected chi connectivity index (χ4v) is 3.47. The summed E-state index contributed by atoms with van der Waals surface area (Å²) in [6.45, 7) is 6.28. The number of methoxy groups -OCH3 is 1. The Morgan fingerprint density at radius 1 is 1.33 bits per heavy atom. The number of carbonyl (C=O) groups is 1. The molecule has 0 aliphatic carbocycles. The molecule has 0 atom stereocenters. The largest absolute Gasteiger partial charge is 0.493 e. The highest BCUT2D eigenvalue weighted by molar-refractivity contribution is 7.07. The van der Waals surface area contributed by atoms with Gasteiger partial charge in [0.2, 0.25) is 0 Å². The number of nitrogens with zero attached hydrogens (tertiary/aromatic N) is 2. The van der Waals surface area contributed by atoms with Crippen molar-refractivity contribution in [2.75, 3.05) is 46.4 Å². The Hall–Kier alpha value is -2.16. The lowest BCUT2D eigenvalue weighted by molar-refractivity contribution is 0.0951. The first-order valence-electron chi connectivity index (χ1n) is 9.15. The number of amides is 1. The smallest absolute Gasteiger partial charge is 0.251 e. The van der Waals surface area contributed by atoms with Gasteiger partial charge in [0.05, 0.1) is 18.3 Å². The summed E-state index contributed by atoms with van der Waals surface area (Å²) < 4.78 is 11.1. The molecule has 1 aromatic heterocycles. The maximum Gasteiger partial charge on any atom is 0.251 e. The van der Waals surface area contributed by atoms with Gasteiger partial charge >= 0.3 is 0 Å². The maximum atomic E-state index is 12.4. The third kappa shape index (κ3) is 5.92. The lowest BCUT2D eigenvalue weighted by Crippen LogP contribution is -2.44. The van der Waals surface area contributed by atoms with Gasteiger partial charge in [0.1, 0.15) is 6.61 Å². The lowest BCUT2D eigenvalue weighted by atomic mass is 10.2. The topological polar surface area (TPSA) is 75.7 Å². The minimum atomic E-state index is -0.0975. The number of aromatic nitrogens is 1. The van der Waals surface area contributed by atoms with Gasteiger partial charge < -0.3 is 25.0 Å². The van der Waals surface area contributed by atoms with Gasteiger partial charge in [-0.15, -0.1) is 11.3 Å². The van der Waals surface area contributed by atoms with Gasteiger partial charge in [-0.2, -0.15) is 0 Å². The van der Waals surface area contributed by atoms with E-state index in [4.69, 9.17) is 9.47 Å². The molecule has 1 aromatic carbocycles. The van der Waals surface area contributed by atoms with Gasteiger partial charge in [-0.3, -0.25) is 4.79 Å². The second-order valence-electron chi connectivity index (χ2n) is 6.34. The Morgan fingerprint density at radius 2 is 2.19 bits per heavy atom.